The fourth-order valence-electron chi connectivity index (χ4n) is 4.09. The highest BCUT2D eigenvalue weighted by atomic mass is 16.7. The number of ether oxygens (including phenoxy) is 3. The van der Waals surface area contributed by atoms with Crippen LogP contribution < -0.4 is 20.7 Å². The number of alkyl carbamates (subject to hydrolysis) is 1. The molecule has 13 nitrogen and oxygen atoms in total. The van der Waals surface area contributed by atoms with Crippen LogP contribution in [-0.2, 0) is 9.47 Å². The number of hydrogen-bond acceptors (Lipinski definition) is 10. The Morgan fingerprint density at radius 3 is 2.47 bits per heavy atom. The quantitative estimate of drug-likeness (QED) is 0.158. The molecule has 0 radical (unpaired) electrons. The summed E-state index contributed by atoms with van der Waals surface area (Å²) in [6.45, 7) is 5.49. The number of carbonyl (C=O) groups is 3. The Hall–Kier alpha value is -5.74. The summed E-state index contributed by atoms with van der Waals surface area (Å²) in [5.41, 5.74) is 1.26. The van der Waals surface area contributed by atoms with E-state index in [9.17, 15) is 19.6 Å². The van der Waals surface area contributed by atoms with Crippen molar-refractivity contribution in [3.8, 4) is 34.2 Å². The number of aromatic nitrogens is 2. The smallest absolute Gasteiger partial charge is 0.407 e. The van der Waals surface area contributed by atoms with E-state index in [0.717, 1.165) is 0 Å². The molecule has 4 rings (SSSR count). The fourth-order valence-corrected chi connectivity index (χ4v) is 4.09. The van der Waals surface area contributed by atoms with E-state index in [0.29, 0.717) is 28.1 Å². The van der Waals surface area contributed by atoms with Crippen molar-refractivity contribution in [3.05, 3.63) is 84.1 Å². The lowest BCUT2D eigenvalue weighted by molar-refractivity contribution is 0.0514. The maximum absolute atomic E-state index is 12.9. The zero-order chi connectivity index (χ0) is 32.4. The second kappa shape index (κ2) is 14.6. The van der Waals surface area contributed by atoms with Gasteiger partial charge in [0.2, 0.25) is 0 Å². The third-order valence-corrected chi connectivity index (χ3v) is 5.99. The summed E-state index contributed by atoms with van der Waals surface area (Å²) in [7, 11) is 1.50. The zero-order valence-electron chi connectivity index (χ0n) is 25.2. The van der Waals surface area contributed by atoms with Crippen LogP contribution in [0.25, 0.3) is 22.4 Å². The average Bonchev–Trinajstić information content (AvgIpc) is 3.56. The predicted octanol–water partition coefficient (Wildman–Crippen LogP) is 4.76. The van der Waals surface area contributed by atoms with Crippen molar-refractivity contribution in [1.29, 1.82) is 5.26 Å². The predicted molar refractivity (Wildman–Crippen MR) is 163 cm³/mol. The number of furan rings is 1. The molecule has 3 amide bonds. The summed E-state index contributed by atoms with van der Waals surface area (Å²) in [4.78, 5) is 46.5. The molecule has 0 unspecified atom stereocenters. The highest BCUT2D eigenvalue weighted by Gasteiger charge is 2.21. The molecule has 232 valence electrons. The maximum atomic E-state index is 12.9. The first-order valence-electron chi connectivity index (χ1n) is 13.8. The SMILES string of the molecule is COCOc1ccccc1-c1cc(-c2ccnc(C(=O)NCCNC(=O)OC(C)(C)C)c2)c(C#N)c(NC(=O)c2ccco2)n1. The molecule has 3 aromatic heterocycles. The van der Waals surface area contributed by atoms with Crippen LogP contribution in [0.5, 0.6) is 5.75 Å². The Bertz CT molecular complexity index is 1710. The summed E-state index contributed by atoms with van der Waals surface area (Å²) in [6.07, 6.45) is 2.19. The van der Waals surface area contributed by atoms with E-state index in [1.807, 2.05) is 0 Å². The number of nitrogens with zero attached hydrogens (tertiary/aromatic N) is 3. The van der Waals surface area contributed by atoms with Gasteiger partial charge in [-0.1, -0.05) is 12.1 Å². The van der Waals surface area contributed by atoms with E-state index in [4.69, 9.17) is 18.6 Å². The molecule has 0 fully saturated rings. The van der Waals surface area contributed by atoms with Crippen molar-refractivity contribution in [3.63, 3.8) is 0 Å². The number of methoxy groups -OCH3 is 1. The van der Waals surface area contributed by atoms with Gasteiger partial charge in [0.05, 0.1) is 12.0 Å². The van der Waals surface area contributed by atoms with Gasteiger partial charge in [0.15, 0.2) is 18.4 Å². The zero-order valence-corrected chi connectivity index (χ0v) is 25.2. The molecular formula is C32H32N6O7. The van der Waals surface area contributed by atoms with Crippen molar-refractivity contribution >= 4 is 23.7 Å². The number of benzene rings is 1. The molecule has 3 N–H and O–H groups in total. The van der Waals surface area contributed by atoms with Gasteiger partial charge >= 0.3 is 6.09 Å². The number of nitrogens with one attached hydrogen (secondary N) is 3. The third-order valence-electron chi connectivity index (χ3n) is 5.99. The molecule has 13 heteroatoms. The van der Waals surface area contributed by atoms with Crippen molar-refractivity contribution in [2.45, 2.75) is 26.4 Å². The van der Waals surface area contributed by atoms with Crippen molar-refractivity contribution in [1.82, 2.24) is 20.6 Å². The molecule has 0 saturated carbocycles. The first kappa shape index (κ1) is 32.2. The molecule has 0 aliphatic carbocycles. The van der Waals surface area contributed by atoms with Crippen LogP contribution in [0.2, 0.25) is 0 Å². The molecule has 45 heavy (non-hydrogen) atoms. The number of pyridine rings is 2. The molecule has 0 aliphatic rings. The first-order chi connectivity index (χ1) is 21.6. The van der Waals surface area contributed by atoms with Crippen LogP contribution in [0.15, 0.2) is 71.5 Å². The molecule has 1 aromatic carbocycles. The van der Waals surface area contributed by atoms with Crippen LogP contribution in [0, 0.1) is 11.3 Å². The van der Waals surface area contributed by atoms with Crippen molar-refractivity contribution in [2.75, 3.05) is 32.3 Å². The number of carbonyl (C=O) groups excluding carboxylic acids is 3. The van der Waals surface area contributed by atoms with Crippen LogP contribution in [0.1, 0.15) is 47.4 Å². The number of hydrogen-bond donors (Lipinski definition) is 3. The largest absolute Gasteiger partial charge is 0.467 e. The third kappa shape index (κ3) is 8.65. The Labute approximate surface area is 259 Å². The van der Waals surface area contributed by atoms with Crippen LogP contribution in [-0.4, -0.2) is 60.5 Å². The van der Waals surface area contributed by atoms with Crippen LogP contribution in [0.3, 0.4) is 0 Å². The molecule has 4 aromatic rings. The van der Waals surface area contributed by atoms with Gasteiger partial charge in [-0.15, -0.1) is 0 Å². The van der Waals surface area contributed by atoms with Gasteiger partial charge in [-0.3, -0.25) is 14.6 Å². The first-order valence-corrected chi connectivity index (χ1v) is 13.8. The number of amides is 3. The van der Waals surface area contributed by atoms with E-state index in [-0.39, 0.29) is 42.7 Å². The lowest BCUT2D eigenvalue weighted by atomic mass is 9.98. The average molecular weight is 613 g/mol. The summed E-state index contributed by atoms with van der Waals surface area (Å²) < 4.78 is 21.2. The van der Waals surface area contributed by atoms with Gasteiger partial charge in [-0.2, -0.15) is 5.26 Å². The standard InChI is InChI=1S/C32H32N6O7/c1-32(2,3)45-31(41)36-14-13-35-29(39)25-16-20(11-12-34-25)22-17-24(21-8-5-6-9-26(21)44-19-42-4)37-28(23(22)18-33)38-30(40)27-10-7-15-43-27/h5-12,15-17H,13-14,19H2,1-4H3,(H,35,39)(H,36,41)(H,37,38,40). The summed E-state index contributed by atoms with van der Waals surface area (Å²) in [5, 5.41) is 18.2. The number of para-hydroxylation sites is 1. The van der Waals surface area contributed by atoms with E-state index < -0.39 is 23.5 Å². The Kier molecular flexibility index (Phi) is 10.5. The van der Waals surface area contributed by atoms with E-state index in [1.54, 1.807) is 63.2 Å². The second-order valence-corrected chi connectivity index (χ2v) is 10.5. The van der Waals surface area contributed by atoms with E-state index in [1.165, 1.54) is 31.7 Å². The topological polar surface area (TPSA) is 178 Å². The minimum absolute atomic E-state index is 0.0155. The summed E-state index contributed by atoms with van der Waals surface area (Å²) >= 11 is 0. The van der Waals surface area contributed by atoms with E-state index >= 15 is 0 Å². The fraction of sp³-hybridized carbons (Fsp3) is 0.250. The molecule has 3 heterocycles. The van der Waals surface area contributed by atoms with E-state index in [2.05, 4.69) is 32.0 Å². The Morgan fingerprint density at radius 2 is 1.76 bits per heavy atom. The second-order valence-electron chi connectivity index (χ2n) is 10.5. The highest BCUT2D eigenvalue weighted by Crippen LogP contribution is 2.36. The highest BCUT2D eigenvalue weighted by molar-refractivity contribution is 6.03. The monoisotopic (exact) mass is 612 g/mol. The molecule has 0 atom stereocenters. The van der Waals surface area contributed by atoms with Crippen LogP contribution in [0.4, 0.5) is 10.6 Å². The minimum atomic E-state index is -0.646. The number of nitriles is 1. The van der Waals surface area contributed by atoms with Gasteiger partial charge in [0.1, 0.15) is 28.7 Å². The van der Waals surface area contributed by atoms with Gasteiger partial charge in [-0.05, 0) is 68.8 Å². The van der Waals surface area contributed by atoms with Crippen molar-refractivity contribution < 1.29 is 33.0 Å². The lowest BCUT2D eigenvalue weighted by Crippen LogP contribution is -2.38. The van der Waals surface area contributed by atoms with Gasteiger partial charge < -0.3 is 34.6 Å². The maximum Gasteiger partial charge on any atom is 0.407 e. The Balaban J connectivity index is 1.67. The molecule has 0 saturated heterocycles. The summed E-state index contributed by atoms with van der Waals surface area (Å²) in [5.74, 6) is -0.642. The number of rotatable bonds is 11. The van der Waals surface area contributed by atoms with Crippen LogP contribution >= 0.6 is 0 Å². The number of anilines is 1. The minimum Gasteiger partial charge on any atom is -0.467 e. The van der Waals surface area contributed by atoms with Gasteiger partial charge in [0.25, 0.3) is 11.8 Å². The van der Waals surface area contributed by atoms with Gasteiger partial charge in [-0.25, -0.2) is 9.78 Å². The van der Waals surface area contributed by atoms with Crippen molar-refractivity contribution in [2.24, 2.45) is 0 Å². The molecule has 0 bridgehead atoms. The molecule has 0 aliphatic heterocycles. The van der Waals surface area contributed by atoms with Gasteiger partial charge in [0, 0.05) is 37.5 Å². The normalized spacial score (nSPS) is 10.8. The lowest BCUT2D eigenvalue weighted by Gasteiger charge is -2.19. The summed E-state index contributed by atoms with van der Waals surface area (Å²) in [6, 6.07) is 17.1. The Morgan fingerprint density at radius 1 is 0.978 bits per heavy atom. The molecular weight excluding hydrogens is 580 g/mol. The molecule has 0 spiro atoms.